The van der Waals surface area contributed by atoms with Crippen molar-refractivity contribution >= 4 is 11.7 Å². The number of amidine groups is 1. The second-order valence-electron chi connectivity index (χ2n) is 5.81. The Morgan fingerprint density at radius 1 is 1.25 bits per heavy atom. The first-order valence-electron chi connectivity index (χ1n) is 7.51. The number of anilines is 1. The van der Waals surface area contributed by atoms with E-state index < -0.39 is 0 Å². The van der Waals surface area contributed by atoms with Crippen LogP contribution in [0.1, 0.15) is 44.2 Å². The molecule has 0 unspecified atom stereocenters. The average Bonchev–Trinajstić information content (AvgIpc) is 2.53. The summed E-state index contributed by atoms with van der Waals surface area (Å²) in [5.41, 5.74) is 6.19. The van der Waals surface area contributed by atoms with E-state index in [2.05, 4.69) is 15.0 Å². The Hall–Kier alpha value is -1.78. The van der Waals surface area contributed by atoms with E-state index in [1.807, 2.05) is 12.1 Å². The molecule has 2 fully saturated rings. The highest BCUT2D eigenvalue weighted by atomic mass is 16.4. The van der Waals surface area contributed by atoms with Crippen molar-refractivity contribution in [2.45, 2.75) is 44.6 Å². The van der Waals surface area contributed by atoms with E-state index in [9.17, 15) is 0 Å². The van der Waals surface area contributed by atoms with Crippen LogP contribution in [-0.2, 0) is 0 Å². The Labute approximate surface area is 119 Å². The number of hydrogen-bond donors (Lipinski definition) is 2. The third kappa shape index (κ3) is 2.44. The van der Waals surface area contributed by atoms with Gasteiger partial charge in [-0.25, -0.2) is 4.98 Å². The van der Waals surface area contributed by atoms with Crippen molar-refractivity contribution in [1.82, 2.24) is 4.98 Å². The molecule has 5 nitrogen and oxygen atoms in total. The highest BCUT2D eigenvalue weighted by Gasteiger charge is 2.33. The van der Waals surface area contributed by atoms with Gasteiger partial charge in [-0.1, -0.05) is 24.1 Å². The molecule has 1 aliphatic heterocycles. The first kappa shape index (κ1) is 13.2. The maximum absolute atomic E-state index is 8.79. The molecule has 2 aliphatic rings. The van der Waals surface area contributed by atoms with Gasteiger partial charge < -0.3 is 15.8 Å². The summed E-state index contributed by atoms with van der Waals surface area (Å²) >= 11 is 0. The van der Waals surface area contributed by atoms with Crippen LogP contribution in [0.25, 0.3) is 0 Å². The van der Waals surface area contributed by atoms with Gasteiger partial charge in [0.2, 0.25) is 0 Å². The number of nitrogens with zero attached hydrogens (tertiary/aromatic N) is 3. The number of aromatic nitrogens is 1. The van der Waals surface area contributed by atoms with Crippen molar-refractivity contribution in [1.29, 1.82) is 0 Å². The van der Waals surface area contributed by atoms with Crippen LogP contribution >= 0.6 is 0 Å². The molecule has 0 bridgehead atoms. The van der Waals surface area contributed by atoms with Crippen LogP contribution in [-0.4, -0.2) is 28.6 Å². The number of nitrogens with two attached hydrogens (primary N) is 1. The highest BCUT2D eigenvalue weighted by Crippen LogP contribution is 2.37. The molecule has 1 aromatic rings. The smallest absolute Gasteiger partial charge is 0.188 e. The summed E-state index contributed by atoms with van der Waals surface area (Å²) in [5.74, 6) is 1.85. The topological polar surface area (TPSA) is 74.7 Å². The molecule has 108 valence electrons. The van der Waals surface area contributed by atoms with E-state index in [4.69, 9.17) is 10.9 Å². The van der Waals surface area contributed by atoms with Crippen molar-refractivity contribution in [3.05, 3.63) is 23.9 Å². The van der Waals surface area contributed by atoms with E-state index in [-0.39, 0.29) is 5.84 Å². The van der Waals surface area contributed by atoms with Gasteiger partial charge in [-0.3, -0.25) is 0 Å². The van der Waals surface area contributed by atoms with Crippen molar-refractivity contribution in [3.8, 4) is 0 Å². The zero-order chi connectivity index (χ0) is 13.9. The molecule has 1 saturated heterocycles. The Morgan fingerprint density at radius 3 is 2.90 bits per heavy atom. The summed E-state index contributed by atoms with van der Waals surface area (Å²) in [6, 6.07) is 6.36. The zero-order valence-electron chi connectivity index (χ0n) is 11.7. The average molecular weight is 274 g/mol. The van der Waals surface area contributed by atoms with Gasteiger partial charge in [-0.05, 0) is 43.7 Å². The number of oxime groups is 1. The first-order chi connectivity index (χ1) is 9.79. The van der Waals surface area contributed by atoms with Crippen molar-refractivity contribution in [3.63, 3.8) is 0 Å². The summed E-state index contributed by atoms with van der Waals surface area (Å²) < 4.78 is 0. The maximum atomic E-state index is 8.79. The molecule has 2 heterocycles. The highest BCUT2D eigenvalue weighted by molar-refractivity contribution is 5.95. The predicted molar refractivity (Wildman–Crippen MR) is 79.1 cm³/mol. The van der Waals surface area contributed by atoms with Gasteiger partial charge >= 0.3 is 0 Å². The monoisotopic (exact) mass is 274 g/mol. The molecular weight excluding hydrogens is 252 g/mol. The van der Waals surface area contributed by atoms with E-state index in [1.165, 1.54) is 38.5 Å². The largest absolute Gasteiger partial charge is 0.409 e. The van der Waals surface area contributed by atoms with Crippen LogP contribution < -0.4 is 10.6 Å². The molecule has 5 heteroatoms. The Balaban J connectivity index is 1.87. The van der Waals surface area contributed by atoms with E-state index >= 15 is 0 Å². The first-order valence-corrected chi connectivity index (χ1v) is 7.51. The molecule has 20 heavy (non-hydrogen) atoms. The Morgan fingerprint density at radius 2 is 2.05 bits per heavy atom. The minimum absolute atomic E-state index is 0.0732. The third-order valence-corrected chi connectivity index (χ3v) is 4.64. The number of piperidine rings is 1. The molecule has 2 atom stereocenters. The van der Waals surface area contributed by atoms with E-state index in [0.29, 0.717) is 11.7 Å². The van der Waals surface area contributed by atoms with E-state index in [0.717, 1.165) is 18.3 Å². The quantitative estimate of drug-likeness (QED) is 0.376. The molecule has 0 radical (unpaired) electrons. The molecule has 3 N–H and O–H groups in total. The minimum Gasteiger partial charge on any atom is -0.409 e. The lowest BCUT2D eigenvalue weighted by atomic mass is 9.78. The van der Waals surface area contributed by atoms with Crippen LogP contribution in [0.15, 0.2) is 23.4 Å². The van der Waals surface area contributed by atoms with Gasteiger partial charge in [0.25, 0.3) is 0 Å². The van der Waals surface area contributed by atoms with Crippen LogP contribution in [0, 0.1) is 5.92 Å². The van der Waals surface area contributed by atoms with Crippen LogP contribution in [0.2, 0.25) is 0 Å². The lowest BCUT2D eigenvalue weighted by Crippen LogP contribution is -2.47. The fraction of sp³-hybridized carbons (Fsp3) is 0.600. The van der Waals surface area contributed by atoms with Crippen LogP contribution in [0.4, 0.5) is 5.82 Å². The number of hydrogen-bond acceptors (Lipinski definition) is 4. The predicted octanol–water partition coefficient (Wildman–Crippen LogP) is 2.34. The van der Waals surface area contributed by atoms with Crippen LogP contribution in [0.3, 0.4) is 0 Å². The molecule has 0 spiro atoms. The van der Waals surface area contributed by atoms with Crippen molar-refractivity contribution < 1.29 is 5.21 Å². The van der Waals surface area contributed by atoms with Crippen molar-refractivity contribution in [2.24, 2.45) is 16.8 Å². The second kappa shape index (κ2) is 5.69. The SMILES string of the molecule is N/C(=N/O)c1cccc(N2CCC[C@H]3CCCC[C@H]32)n1. The fourth-order valence-corrected chi connectivity index (χ4v) is 3.69. The number of pyridine rings is 1. The van der Waals surface area contributed by atoms with Gasteiger partial charge in [-0.15, -0.1) is 0 Å². The minimum atomic E-state index is 0.0732. The van der Waals surface area contributed by atoms with Crippen LogP contribution in [0.5, 0.6) is 0 Å². The molecule has 1 aliphatic carbocycles. The number of rotatable bonds is 2. The standard InChI is InChI=1S/C15H22N4O/c16-15(18-20)12-7-3-9-14(17-12)19-10-4-6-11-5-1-2-8-13(11)19/h3,7,9,11,13,20H,1-2,4-6,8,10H2,(H2,16,18)/t11-,13-/m1/s1. The Bertz CT molecular complexity index is 500. The summed E-state index contributed by atoms with van der Waals surface area (Å²) in [5, 5.41) is 11.8. The molecule has 1 aromatic heterocycles. The lowest BCUT2D eigenvalue weighted by Gasteiger charge is -2.44. The summed E-state index contributed by atoms with van der Waals surface area (Å²) in [7, 11) is 0. The summed E-state index contributed by atoms with van der Waals surface area (Å²) in [4.78, 5) is 7.00. The maximum Gasteiger partial charge on any atom is 0.188 e. The van der Waals surface area contributed by atoms with Gasteiger partial charge in [0.1, 0.15) is 11.5 Å². The molecule has 0 aromatic carbocycles. The van der Waals surface area contributed by atoms with Crippen molar-refractivity contribution in [2.75, 3.05) is 11.4 Å². The molecular formula is C15H22N4O. The summed E-state index contributed by atoms with van der Waals surface area (Å²) in [6.07, 6.45) is 7.88. The van der Waals surface area contributed by atoms with Gasteiger partial charge in [0.05, 0.1) is 0 Å². The second-order valence-corrected chi connectivity index (χ2v) is 5.81. The number of fused-ring (bicyclic) bond motifs is 1. The fourth-order valence-electron chi connectivity index (χ4n) is 3.69. The van der Waals surface area contributed by atoms with E-state index in [1.54, 1.807) is 6.07 Å². The molecule has 0 amide bonds. The van der Waals surface area contributed by atoms with Gasteiger partial charge in [-0.2, -0.15) is 0 Å². The molecule has 3 rings (SSSR count). The normalized spacial score (nSPS) is 27.2. The molecule has 1 saturated carbocycles. The van der Waals surface area contributed by atoms with Gasteiger partial charge in [0, 0.05) is 12.6 Å². The zero-order valence-corrected chi connectivity index (χ0v) is 11.7. The Kier molecular flexibility index (Phi) is 3.76. The van der Waals surface area contributed by atoms with Gasteiger partial charge in [0.15, 0.2) is 5.84 Å². The summed E-state index contributed by atoms with van der Waals surface area (Å²) in [6.45, 7) is 1.06. The lowest BCUT2D eigenvalue weighted by molar-refractivity contribution is 0.242. The third-order valence-electron chi connectivity index (χ3n) is 4.64.